The number of nitrogens with zero attached hydrogens (tertiary/aromatic N) is 2. The average molecular weight is 318 g/mol. The number of likely N-dealkylation sites (tertiary alicyclic amines) is 2. The Balaban J connectivity index is 0.00000220. The van der Waals surface area contributed by atoms with Gasteiger partial charge in [-0.15, -0.1) is 12.4 Å². The molecule has 0 spiro atoms. The topological polar surface area (TPSA) is 66.6 Å². The monoisotopic (exact) mass is 317 g/mol. The zero-order valence-corrected chi connectivity index (χ0v) is 13.7. The van der Waals surface area contributed by atoms with Gasteiger partial charge in [0, 0.05) is 32.1 Å². The molecule has 0 radical (unpaired) electrons. The van der Waals surface area contributed by atoms with Crippen LogP contribution in [0.15, 0.2) is 0 Å². The average Bonchev–Trinajstić information content (AvgIpc) is 2.47. The number of hydrogen-bond donors (Lipinski definition) is 1. The Bertz CT molecular complexity index is 365. The van der Waals surface area contributed by atoms with Gasteiger partial charge in [-0.2, -0.15) is 0 Å². The van der Waals surface area contributed by atoms with E-state index >= 15 is 0 Å². The van der Waals surface area contributed by atoms with Crippen molar-refractivity contribution < 1.29 is 9.59 Å². The van der Waals surface area contributed by atoms with Crippen LogP contribution in [0, 0.1) is 0 Å². The van der Waals surface area contributed by atoms with Gasteiger partial charge in [0.15, 0.2) is 0 Å². The lowest BCUT2D eigenvalue weighted by atomic mass is 9.98. The normalized spacial score (nSPS) is 26.2. The highest BCUT2D eigenvalue weighted by Gasteiger charge is 2.35. The zero-order valence-electron chi connectivity index (χ0n) is 12.9. The summed E-state index contributed by atoms with van der Waals surface area (Å²) in [5, 5.41) is 0. The molecule has 0 saturated carbocycles. The maximum atomic E-state index is 12.7. The Labute approximate surface area is 133 Å². The molecule has 2 atom stereocenters. The second kappa shape index (κ2) is 8.59. The Hall–Kier alpha value is -0.810. The van der Waals surface area contributed by atoms with Gasteiger partial charge >= 0.3 is 0 Å². The summed E-state index contributed by atoms with van der Waals surface area (Å²) >= 11 is 0. The van der Waals surface area contributed by atoms with E-state index in [1.807, 2.05) is 16.7 Å². The van der Waals surface area contributed by atoms with Crippen molar-refractivity contribution in [2.75, 3.05) is 19.6 Å². The SMILES string of the molecule is CCCC(=O)N1CCCCC1C(=O)N1CCCC(N)C1.Cl. The second-order valence-corrected chi connectivity index (χ2v) is 6.04. The summed E-state index contributed by atoms with van der Waals surface area (Å²) in [6, 6.07) is -0.149. The van der Waals surface area contributed by atoms with E-state index in [9.17, 15) is 9.59 Å². The highest BCUT2D eigenvalue weighted by Crippen LogP contribution is 2.22. The van der Waals surface area contributed by atoms with Crippen LogP contribution in [0.5, 0.6) is 0 Å². The van der Waals surface area contributed by atoms with E-state index in [1.54, 1.807) is 0 Å². The molecule has 0 aromatic heterocycles. The van der Waals surface area contributed by atoms with Gasteiger partial charge in [0.1, 0.15) is 6.04 Å². The van der Waals surface area contributed by atoms with Crippen LogP contribution in [0.2, 0.25) is 0 Å². The van der Waals surface area contributed by atoms with Crippen molar-refractivity contribution in [1.82, 2.24) is 9.80 Å². The van der Waals surface area contributed by atoms with Gasteiger partial charge in [0.2, 0.25) is 11.8 Å². The molecule has 6 heteroatoms. The van der Waals surface area contributed by atoms with E-state index in [4.69, 9.17) is 5.73 Å². The highest BCUT2D eigenvalue weighted by atomic mass is 35.5. The second-order valence-electron chi connectivity index (χ2n) is 6.04. The van der Waals surface area contributed by atoms with Crippen LogP contribution < -0.4 is 5.73 Å². The fourth-order valence-corrected chi connectivity index (χ4v) is 3.27. The molecular weight excluding hydrogens is 290 g/mol. The molecule has 2 fully saturated rings. The predicted octanol–water partition coefficient (Wildman–Crippen LogP) is 1.54. The summed E-state index contributed by atoms with van der Waals surface area (Å²) in [4.78, 5) is 28.6. The van der Waals surface area contributed by atoms with Crippen LogP contribution >= 0.6 is 12.4 Å². The van der Waals surface area contributed by atoms with Crippen LogP contribution in [0.4, 0.5) is 0 Å². The number of carbonyl (C=O) groups excluding carboxylic acids is 2. The van der Waals surface area contributed by atoms with Crippen molar-refractivity contribution in [2.24, 2.45) is 5.73 Å². The molecule has 0 aromatic carbocycles. The molecule has 2 heterocycles. The summed E-state index contributed by atoms with van der Waals surface area (Å²) < 4.78 is 0. The largest absolute Gasteiger partial charge is 0.339 e. The standard InChI is InChI=1S/C15H27N3O2.ClH/c1-2-6-14(19)18-10-4-3-8-13(18)15(20)17-9-5-7-12(16)11-17;/h12-13H,2-11,16H2,1H3;1H. The quantitative estimate of drug-likeness (QED) is 0.858. The lowest BCUT2D eigenvalue weighted by molar-refractivity contribution is -0.148. The zero-order chi connectivity index (χ0) is 14.5. The number of halogens is 1. The van der Waals surface area contributed by atoms with Crippen molar-refractivity contribution >= 4 is 24.2 Å². The van der Waals surface area contributed by atoms with Gasteiger partial charge in [-0.3, -0.25) is 9.59 Å². The smallest absolute Gasteiger partial charge is 0.245 e. The summed E-state index contributed by atoms with van der Waals surface area (Å²) in [5.74, 6) is 0.246. The van der Waals surface area contributed by atoms with Crippen molar-refractivity contribution in [2.45, 2.75) is 64.0 Å². The molecule has 21 heavy (non-hydrogen) atoms. The molecule has 0 aliphatic carbocycles. The van der Waals surface area contributed by atoms with Gasteiger partial charge in [-0.05, 0) is 38.5 Å². The van der Waals surface area contributed by atoms with Crippen LogP contribution in [0.25, 0.3) is 0 Å². The minimum absolute atomic E-state index is 0. The summed E-state index contributed by atoms with van der Waals surface area (Å²) in [6.45, 7) is 4.17. The third kappa shape index (κ3) is 4.58. The summed E-state index contributed by atoms with van der Waals surface area (Å²) in [5.41, 5.74) is 5.96. The first kappa shape index (κ1) is 18.2. The third-order valence-electron chi connectivity index (χ3n) is 4.34. The molecule has 0 aromatic rings. The molecule has 2 rings (SSSR count). The molecule has 5 nitrogen and oxygen atoms in total. The lowest BCUT2D eigenvalue weighted by Crippen LogP contribution is -2.56. The Morgan fingerprint density at radius 1 is 1.14 bits per heavy atom. The highest BCUT2D eigenvalue weighted by molar-refractivity contribution is 5.88. The van der Waals surface area contributed by atoms with Crippen LogP contribution in [0.3, 0.4) is 0 Å². The number of rotatable bonds is 3. The van der Waals surface area contributed by atoms with Crippen molar-refractivity contribution in [3.8, 4) is 0 Å². The first-order valence-corrected chi connectivity index (χ1v) is 7.97. The maximum absolute atomic E-state index is 12.7. The predicted molar refractivity (Wildman–Crippen MR) is 85.3 cm³/mol. The first-order valence-electron chi connectivity index (χ1n) is 7.97. The number of amides is 2. The van der Waals surface area contributed by atoms with E-state index in [-0.39, 0.29) is 36.3 Å². The minimum atomic E-state index is -0.243. The van der Waals surface area contributed by atoms with Crippen molar-refractivity contribution in [3.63, 3.8) is 0 Å². The molecule has 2 N–H and O–H groups in total. The van der Waals surface area contributed by atoms with E-state index in [1.165, 1.54) is 0 Å². The van der Waals surface area contributed by atoms with Crippen LogP contribution in [0.1, 0.15) is 51.9 Å². The maximum Gasteiger partial charge on any atom is 0.245 e. The molecule has 2 aliphatic heterocycles. The fraction of sp³-hybridized carbons (Fsp3) is 0.867. The number of nitrogens with two attached hydrogens (primary N) is 1. The minimum Gasteiger partial charge on any atom is -0.339 e. The number of carbonyl (C=O) groups is 2. The Morgan fingerprint density at radius 2 is 1.90 bits per heavy atom. The summed E-state index contributed by atoms with van der Waals surface area (Å²) in [6.07, 6.45) is 6.20. The Kier molecular flexibility index (Phi) is 7.46. The Morgan fingerprint density at radius 3 is 2.57 bits per heavy atom. The van der Waals surface area contributed by atoms with E-state index < -0.39 is 0 Å². The van der Waals surface area contributed by atoms with Gasteiger partial charge in [-0.25, -0.2) is 0 Å². The van der Waals surface area contributed by atoms with Gasteiger partial charge in [-0.1, -0.05) is 6.92 Å². The number of hydrogen-bond acceptors (Lipinski definition) is 3. The third-order valence-corrected chi connectivity index (χ3v) is 4.34. The van der Waals surface area contributed by atoms with E-state index in [2.05, 4.69) is 0 Å². The molecule has 2 aliphatic rings. The lowest BCUT2D eigenvalue weighted by Gasteiger charge is -2.40. The van der Waals surface area contributed by atoms with Crippen molar-refractivity contribution in [1.29, 1.82) is 0 Å². The number of piperidine rings is 2. The van der Waals surface area contributed by atoms with Gasteiger partial charge in [0.25, 0.3) is 0 Å². The molecule has 2 unspecified atom stereocenters. The van der Waals surface area contributed by atoms with Gasteiger partial charge in [0.05, 0.1) is 0 Å². The molecular formula is C15H28ClN3O2. The van der Waals surface area contributed by atoms with Gasteiger partial charge < -0.3 is 15.5 Å². The van der Waals surface area contributed by atoms with Crippen molar-refractivity contribution in [3.05, 3.63) is 0 Å². The molecule has 122 valence electrons. The van der Waals surface area contributed by atoms with E-state index in [0.29, 0.717) is 13.0 Å². The molecule has 2 saturated heterocycles. The molecule has 0 bridgehead atoms. The summed E-state index contributed by atoms with van der Waals surface area (Å²) in [7, 11) is 0. The fourth-order valence-electron chi connectivity index (χ4n) is 3.27. The van der Waals surface area contributed by atoms with Crippen LogP contribution in [-0.4, -0.2) is 53.3 Å². The van der Waals surface area contributed by atoms with Crippen LogP contribution in [-0.2, 0) is 9.59 Å². The first-order chi connectivity index (χ1) is 9.63. The van der Waals surface area contributed by atoms with E-state index in [0.717, 1.165) is 51.6 Å². The molecule has 2 amide bonds.